The van der Waals surface area contributed by atoms with E-state index in [0.717, 1.165) is 15.6 Å². The van der Waals surface area contributed by atoms with Gasteiger partial charge in [0.15, 0.2) is 0 Å². The Labute approximate surface area is 98.8 Å². The molecule has 0 spiro atoms. The highest BCUT2D eigenvalue weighted by Gasteiger charge is 2.32. The van der Waals surface area contributed by atoms with Crippen molar-refractivity contribution in [2.75, 3.05) is 7.11 Å². The Bertz CT molecular complexity index is 383. The summed E-state index contributed by atoms with van der Waals surface area (Å²) in [6.07, 6.45) is 0. The van der Waals surface area contributed by atoms with E-state index in [1.807, 2.05) is 39.0 Å². The average molecular weight is 271 g/mol. The lowest BCUT2D eigenvalue weighted by Gasteiger charge is -2.24. The Balaban J connectivity index is 3.21. The Morgan fingerprint density at radius 3 is 2.47 bits per heavy atom. The minimum absolute atomic E-state index is 0.215. The molecular weight excluding hydrogens is 256 g/mol. The number of halogens is 1. The van der Waals surface area contributed by atoms with Crippen molar-refractivity contribution in [3.05, 3.63) is 33.8 Å². The molecule has 82 valence electrons. The van der Waals surface area contributed by atoms with Gasteiger partial charge in [0.2, 0.25) is 0 Å². The van der Waals surface area contributed by atoms with Crippen molar-refractivity contribution in [1.82, 2.24) is 0 Å². The summed E-state index contributed by atoms with van der Waals surface area (Å²) in [6.45, 7) is 5.73. The number of methoxy groups -OCH3 is 1. The maximum Gasteiger partial charge on any atom is 0.315 e. The van der Waals surface area contributed by atoms with E-state index in [-0.39, 0.29) is 5.97 Å². The van der Waals surface area contributed by atoms with Gasteiger partial charge in [0, 0.05) is 4.47 Å². The number of carbonyl (C=O) groups is 1. The van der Waals surface area contributed by atoms with Crippen LogP contribution in [0.3, 0.4) is 0 Å². The second kappa shape index (κ2) is 4.35. The monoisotopic (exact) mass is 270 g/mol. The third-order valence-electron chi connectivity index (χ3n) is 2.56. The minimum Gasteiger partial charge on any atom is -0.468 e. The number of carbonyl (C=O) groups excluding carboxylic acids is 1. The first-order valence-electron chi connectivity index (χ1n) is 4.74. The van der Waals surface area contributed by atoms with E-state index in [0.29, 0.717) is 0 Å². The summed E-state index contributed by atoms with van der Waals surface area (Å²) in [5.41, 5.74) is 1.48. The van der Waals surface area contributed by atoms with Crippen molar-refractivity contribution in [3.8, 4) is 0 Å². The Morgan fingerprint density at radius 1 is 1.40 bits per heavy atom. The highest BCUT2D eigenvalue weighted by molar-refractivity contribution is 9.10. The van der Waals surface area contributed by atoms with E-state index in [1.165, 1.54) is 7.11 Å². The maximum atomic E-state index is 11.6. The number of aryl methyl sites for hydroxylation is 1. The van der Waals surface area contributed by atoms with Crippen LogP contribution in [-0.4, -0.2) is 13.1 Å². The van der Waals surface area contributed by atoms with Crippen LogP contribution in [0.2, 0.25) is 0 Å². The van der Waals surface area contributed by atoms with Gasteiger partial charge in [-0.3, -0.25) is 4.79 Å². The summed E-state index contributed by atoms with van der Waals surface area (Å²) < 4.78 is 5.82. The number of hydrogen-bond acceptors (Lipinski definition) is 2. The molecule has 0 saturated carbocycles. The molecule has 0 amide bonds. The van der Waals surface area contributed by atoms with Gasteiger partial charge >= 0.3 is 5.97 Å². The smallest absolute Gasteiger partial charge is 0.315 e. The van der Waals surface area contributed by atoms with Gasteiger partial charge < -0.3 is 4.74 Å². The van der Waals surface area contributed by atoms with Crippen LogP contribution in [0, 0.1) is 6.92 Å². The third-order valence-corrected chi connectivity index (χ3v) is 3.05. The fourth-order valence-electron chi connectivity index (χ4n) is 1.69. The molecule has 0 atom stereocenters. The first-order valence-corrected chi connectivity index (χ1v) is 5.54. The molecular formula is C12H15BrO2. The molecule has 0 saturated heterocycles. The average Bonchev–Trinajstić information content (AvgIpc) is 2.15. The van der Waals surface area contributed by atoms with Gasteiger partial charge in [-0.2, -0.15) is 0 Å². The van der Waals surface area contributed by atoms with E-state index < -0.39 is 5.41 Å². The molecule has 0 heterocycles. The Kier molecular flexibility index (Phi) is 3.55. The van der Waals surface area contributed by atoms with Crippen LogP contribution in [0.15, 0.2) is 22.7 Å². The zero-order valence-corrected chi connectivity index (χ0v) is 11.0. The van der Waals surface area contributed by atoms with E-state index in [9.17, 15) is 4.79 Å². The molecule has 1 aromatic rings. The second-order valence-electron chi connectivity index (χ2n) is 4.08. The standard InChI is InChI=1S/C12H15BrO2/c1-8-7-9(13)5-6-10(8)12(2,3)11(14)15-4/h5-7H,1-4H3. The summed E-state index contributed by atoms with van der Waals surface area (Å²) in [7, 11) is 1.41. The first-order chi connectivity index (χ1) is 6.89. The van der Waals surface area contributed by atoms with Crippen LogP contribution in [0.5, 0.6) is 0 Å². The van der Waals surface area contributed by atoms with Crippen LogP contribution >= 0.6 is 15.9 Å². The lowest BCUT2D eigenvalue weighted by Crippen LogP contribution is -2.30. The molecule has 2 nitrogen and oxygen atoms in total. The second-order valence-corrected chi connectivity index (χ2v) is 4.99. The van der Waals surface area contributed by atoms with E-state index >= 15 is 0 Å². The van der Waals surface area contributed by atoms with Crippen LogP contribution in [0.25, 0.3) is 0 Å². The normalized spacial score (nSPS) is 11.3. The van der Waals surface area contributed by atoms with Crippen molar-refractivity contribution < 1.29 is 9.53 Å². The van der Waals surface area contributed by atoms with Crippen LogP contribution < -0.4 is 0 Å². The minimum atomic E-state index is -0.598. The molecule has 0 aliphatic carbocycles. The molecule has 0 aliphatic rings. The number of hydrogen-bond donors (Lipinski definition) is 0. The van der Waals surface area contributed by atoms with Gasteiger partial charge in [0.05, 0.1) is 12.5 Å². The van der Waals surface area contributed by atoms with Gasteiger partial charge in [-0.05, 0) is 44.0 Å². The van der Waals surface area contributed by atoms with Crippen molar-refractivity contribution in [3.63, 3.8) is 0 Å². The molecule has 0 aliphatic heterocycles. The summed E-state index contributed by atoms with van der Waals surface area (Å²) in [4.78, 5) is 11.6. The largest absolute Gasteiger partial charge is 0.468 e. The summed E-state index contributed by atoms with van der Waals surface area (Å²) in [5.74, 6) is -0.215. The molecule has 15 heavy (non-hydrogen) atoms. The SMILES string of the molecule is COC(=O)C(C)(C)c1ccc(Br)cc1C. The van der Waals surface area contributed by atoms with E-state index in [4.69, 9.17) is 4.74 Å². The van der Waals surface area contributed by atoms with Gasteiger partial charge in [-0.25, -0.2) is 0 Å². The number of esters is 1. The number of benzene rings is 1. The van der Waals surface area contributed by atoms with Crippen LogP contribution in [0.4, 0.5) is 0 Å². The fraction of sp³-hybridized carbons (Fsp3) is 0.417. The zero-order chi connectivity index (χ0) is 11.6. The van der Waals surface area contributed by atoms with Crippen molar-refractivity contribution in [2.24, 2.45) is 0 Å². The van der Waals surface area contributed by atoms with Crippen molar-refractivity contribution >= 4 is 21.9 Å². The molecule has 0 bridgehead atoms. The van der Waals surface area contributed by atoms with Crippen LogP contribution in [0.1, 0.15) is 25.0 Å². The summed E-state index contributed by atoms with van der Waals surface area (Å²) >= 11 is 3.40. The van der Waals surface area contributed by atoms with Gasteiger partial charge in [0.1, 0.15) is 0 Å². The molecule has 0 aromatic heterocycles. The Morgan fingerprint density at radius 2 is 2.00 bits per heavy atom. The summed E-state index contributed by atoms with van der Waals surface area (Å²) in [5, 5.41) is 0. The lowest BCUT2D eigenvalue weighted by molar-refractivity contribution is -0.146. The molecule has 0 radical (unpaired) electrons. The van der Waals surface area contributed by atoms with E-state index in [2.05, 4.69) is 15.9 Å². The topological polar surface area (TPSA) is 26.3 Å². The highest BCUT2D eigenvalue weighted by atomic mass is 79.9. The molecule has 1 aromatic carbocycles. The third kappa shape index (κ3) is 2.40. The maximum absolute atomic E-state index is 11.6. The van der Waals surface area contributed by atoms with E-state index in [1.54, 1.807) is 0 Å². The highest BCUT2D eigenvalue weighted by Crippen LogP contribution is 2.29. The van der Waals surface area contributed by atoms with Gasteiger partial charge in [-0.15, -0.1) is 0 Å². The zero-order valence-electron chi connectivity index (χ0n) is 9.43. The molecule has 0 unspecified atom stereocenters. The Hall–Kier alpha value is -0.830. The molecule has 3 heteroatoms. The lowest BCUT2D eigenvalue weighted by atomic mass is 9.82. The van der Waals surface area contributed by atoms with Crippen molar-refractivity contribution in [2.45, 2.75) is 26.2 Å². The number of ether oxygens (including phenoxy) is 1. The molecule has 0 fully saturated rings. The fourth-order valence-corrected chi connectivity index (χ4v) is 2.17. The molecule has 1 rings (SSSR count). The number of rotatable bonds is 2. The predicted octanol–water partition coefficient (Wildman–Crippen LogP) is 3.21. The van der Waals surface area contributed by atoms with Gasteiger partial charge in [0.25, 0.3) is 0 Å². The quantitative estimate of drug-likeness (QED) is 0.772. The first kappa shape index (κ1) is 12.2. The summed E-state index contributed by atoms with van der Waals surface area (Å²) in [6, 6.07) is 5.89. The van der Waals surface area contributed by atoms with Crippen LogP contribution in [-0.2, 0) is 14.9 Å². The predicted molar refractivity (Wildman–Crippen MR) is 63.9 cm³/mol. The molecule has 0 N–H and O–H groups in total. The van der Waals surface area contributed by atoms with Crippen molar-refractivity contribution in [1.29, 1.82) is 0 Å². The van der Waals surface area contributed by atoms with Gasteiger partial charge in [-0.1, -0.05) is 22.0 Å².